The van der Waals surface area contributed by atoms with Crippen LogP contribution in [0.25, 0.3) is 11.0 Å². The van der Waals surface area contributed by atoms with Crippen molar-refractivity contribution in [3.05, 3.63) is 29.6 Å². The van der Waals surface area contributed by atoms with Crippen LogP contribution in [0, 0.1) is 23.7 Å². The van der Waals surface area contributed by atoms with Gasteiger partial charge < -0.3 is 9.88 Å². The predicted octanol–water partition coefficient (Wildman–Crippen LogP) is 2.78. The summed E-state index contributed by atoms with van der Waals surface area (Å²) in [6.07, 6.45) is 1.98. The summed E-state index contributed by atoms with van der Waals surface area (Å²) in [5, 5.41) is 9.46. The number of nitrogens with zero attached hydrogens (tertiary/aromatic N) is 3. The van der Waals surface area contributed by atoms with Crippen molar-refractivity contribution in [2.75, 3.05) is 14.1 Å². The van der Waals surface area contributed by atoms with Gasteiger partial charge in [-0.05, 0) is 51.6 Å². The van der Waals surface area contributed by atoms with E-state index in [0.29, 0.717) is 0 Å². The van der Waals surface area contributed by atoms with E-state index in [4.69, 9.17) is 0 Å². The first-order chi connectivity index (χ1) is 9.05. The monoisotopic (exact) mass is 254 g/mol. The molecule has 3 rings (SSSR count). The molecular formula is C15H18N4. The largest absolute Gasteiger partial charge is 0.342 e. The van der Waals surface area contributed by atoms with E-state index in [9.17, 15) is 5.26 Å². The van der Waals surface area contributed by atoms with Gasteiger partial charge in [-0.15, -0.1) is 0 Å². The second kappa shape index (κ2) is 4.07. The van der Waals surface area contributed by atoms with Gasteiger partial charge in [0.1, 0.15) is 5.82 Å². The maximum absolute atomic E-state index is 9.46. The number of rotatable bonds is 3. The zero-order valence-electron chi connectivity index (χ0n) is 11.6. The van der Waals surface area contributed by atoms with Gasteiger partial charge in [0.15, 0.2) is 0 Å². The van der Waals surface area contributed by atoms with Gasteiger partial charge in [0.25, 0.3) is 0 Å². The highest BCUT2D eigenvalue weighted by molar-refractivity contribution is 5.76. The second-order valence-corrected chi connectivity index (χ2v) is 5.73. The van der Waals surface area contributed by atoms with E-state index in [0.717, 1.165) is 29.7 Å². The summed E-state index contributed by atoms with van der Waals surface area (Å²) in [4.78, 5) is 9.85. The molecule has 0 saturated heterocycles. The first-order valence-electron chi connectivity index (χ1n) is 6.60. The summed E-state index contributed by atoms with van der Waals surface area (Å²) >= 11 is 0. The van der Waals surface area contributed by atoms with Crippen LogP contribution in [0.1, 0.15) is 30.3 Å². The summed E-state index contributed by atoms with van der Waals surface area (Å²) in [7, 11) is 4.09. The molecule has 1 heterocycles. The van der Waals surface area contributed by atoms with E-state index in [1.807, 2.05) is 27.1 Å². The number of nitriles is 1. The van der Waals surface area contributed by atoms with Gasteiger partial charge >= 0.3 is 0 Å². The molecule has 0 spiro atoms. The fourth-order valence-electron chi connectivity index (χ4n) is 3.02. The number of benzene rings is 1. The third-order valence-electron chi connectivity index (χ3n) is 3.99. The number of aryl methyl sites for hydroxylation is 1. The molecule has 1 fully saturated rings. The van der Waals surface area contributed by atoms with Crippen molar-refractivity contribution in [3.63, 3.8) is 0 Å². The highest BCUT2D eigenvalue weighted by Crippen LogP contribution is 2.56. The third-order valence-corrected chi connectivity index (χ3v) is 3.99. The van der Waals surface area contributed by atoms with Crippen LogP contribution in [-0.4, -0.2) is 29.0 Å². The number of aromatic nitrogens is 2. The van der Waals surface area contributed by atoms with Gasteiger partial charge in [0.2, 0.25) is 0 Å². The van der Waals surface area contributed by atoms with Gasteiger partial charge in [0.05, 0.1) is 28.6 Å². The smallest absolute Gasteiger partial charge is 0.104 e. The van der Waals surface area contributed by atoms with E-state index < -0.39 is 0 Å². The molecule has 19 heavy (non-hydrogen) atoms. The summed E-state index contributed by atoms with van der Waals surface area (Å²) in [6, 6.07) is 8.95. The quantitative estimate of drug-likeness (QED) is 0.916. The van der Waals surface area contributed by atoms with Crippen molar-refractivity contribution in [2.24, 2.45) is 5.41 Å². The van der Waals surface area contributed by atoms with Crippen LogP contribution >= 0.6 is 0 Å². The lowest BCUT2D eigenvalue weighted by atomic mass is 9.90. The minimum atomic E-state index is -0.202. The fourth-order valence-corrected chi connectivity index (χ4v) is 3.02. The second-order valence-electron chi connectivity index (χ2n) is 5.73. The van der Waals surface area contributed by atoms with Gasteiger partial charge in [-0.25, -0.2) is 4.98 Å². The number of aromatic amines is 1. The SMILES string of the molecule is Cc1nc2ccc(C(N(C)C)C3(C#N)CC3)cc2[nH]1. The first kappa shape index (κ1) is 12.2. The van der Waals surface area contributed by atoms with E-state index in [1.54, 1.807) is 0 Å². The van der Waals surface area contributed by atoms with Crippen molar-refractivity contribution in [1.29, 1.82) is 5.26 Å². The molecule has 1 aromatic heterocycles. The lowest BCUT2D eigenvalue weighted by molar-refractivity contribution is 0.232. The molecule has 4 heteroatoms. The predicted molar refractivity (Wildman–Crippen MR) is 74.5 cm³/mol. The summed E-state index contributed by atoms with van der Waals surface area (Å²) in [5.74, 6) is 0.926. The fraction of sp³-hybridized carbons (Fsp3) is 0.467. The highest BCUT2D eigenvalue weighted by atomic mass is 15.1. The molecule has 0 bridgehead atoms. The average Bonchev–Trinajstić information content (AvgIpc) is 3.04. The molecule has 0 amide bonds. The minimum absolute atomic E-state index is 0.158. The molecule has 1 saturated carbocycles. The van der Waals surface area contributed by atoms with E-state index in [-0.39, 0.29) is 11.5 Å². The van der Waals surface area contributed by atoms with Gasteiger partial charge in [-0.2, -0.15) is 5.26 Å². The molecule has 98 valence electrons. The Bertz CT molecular complexity index is 658. The Balaban J connectivity index is 2.08. The summed E-state index contributed by atoms with van der Waals surface area (Å²) < 4.78 is 0. The van der Waals surface area contributed by atoms with E-state index in [1.165, 1.54) is 5.56 Å². The maximum Gasteiger partial charge on any atom is 0.104 e. The number of hydrogen-bond acceptors (Lipinski definition) is 3. The van der Waals surface area contributed by atoms with Crippen LogP contribution < -0.4 is 0 Å². The highest BCUT2D eigenvalue weighted by Gasteiger charge is 2.51. The van der Waals surface area contributed by atoms with Crippen molar-refractivity contribution in [2.45, 2.75) is 25.8 Å². The van der Waals surface area contributed by atoms with Crippen molar-refractivity contribution in [3.8, 4) is 6.07 Å². The Morgan fingerprint density at radius 2 is 2.16 bits per heavy atom. The van der Waals surface area contributed by atoms with Crippen molar-refractivity contribution >= 4 is 11.0 Å². The molecule has 1 atom stereocenters. The maximum atomic E-state index is 9.46. The number of hydrogen-bond donors (Lipinski definition) is 1. The van der Waals surface area contributed by atoms with Crippen molar-refractivity contribution < 1.29 is 0 Å². The molecule has 2 aromatic rings. The molecule has 0 aliphatic heterocycles. The van der Waals surface area contributed by atoms with Crippen LogP contribution in [0.2, 0.25) is 0 Å². The van der Waals surface area contributed by atoms with E-state index in [2.05, 4.69) is 33.1 Å². The molecule has 1 aliphatic rings. The topological polar surface area (TPSA) is 55.7 Å². The van der Waals surface area contributed by atoms with Crippen LogP contribution in [0.4, 0.5) is 0 Å². The van der Waals surface area contributed by atoms with Crippen molar-refractivity contribution in [1.82, 2.24) is 14.9 Å². The lowest BCUT2D eigenvalue weighted by Crippen LogP contribution is -2.27. The Morgan fingerprint density at radius 1 is 1.42 bits per heavy atom. The number of fused-ring (bicyclic) bond motifs is 1. The summed E-state index contributed by atoms with van der Waals surface area (Å²) in [5.41, 5.74) is 3.03. The molecule has 1 unspecified atom stereocenters. The molecule has 0 radical (unpaired) electrons. The Kier molecular flexibility index (Phi) is 2.61. The third kappa shape index (κ3) is 1.91. The molecule has 1 aromatic carbocycles. The number of H-pyrrole nitrogens is 1. The number of imidazole rings is 1. The van der Waals surface area contributed by atoms with Gasteiger partial charge in [-0.1, -0.05) is 6.07 Å². The number of nitrogens with one attached hydrogen (secondary N) is 1. The lowest BCUT2D eigenvalue weighted by Gasteiger charge is -2.28. The van der Waals surface area contributed by atoms with Crippen LogP contribution in [0.15, 0.2) is 18.2 Å². The van der Waals surface area contributed by atoms with Gasteiger partial charge in [0, 0.05) is 0 Å². The molecule has 4 nitrogen and oxygen atoms in total. The van der Waals surface area contributed by atoms with Crippen LogP contribution in [-0.2, 0) is 0 Å². The minimum Gasteiger partial charge on any atom is -0.342 e. The van der Waals surface area contributed by atoms with Gasteiger partial charge in [-0.3, -0.25) is 0 Å². The van der Waals surface area contributed by atoms with Crippen LogP contribution in [0.3, 0.4) is 0 Å². The van der Waals surface area contributed by atoms with Crippen LogP contribution in [0.5, 0.6) is 0 Å². The Hall–Kier alpha value is -1.86. The molecular weight excluding hydrogens is 236 g/mol. The Labute approximate surface area is 113 Å². The normalized spacial score (nSPS) is 18.5. The summed E-state index contributed by atoms with van der Waals surface area (Å²) in [6.45, 7) is 1.96. The zero-order valence-corrected chi connectivity index (χ0v) is 11.6. The zero-order chi connectivity index (χ0) is 13.6. The molecule has 1 aliphatic carbocycles. The first-order valence-corrected chi connectivity index (χ1v) is 6.60. The average molecular weight is 254 g/mol. The van der Waals surface area contributed by atoms with E-state index >= 15 is 0 Å². The standard InChI is InChI=1S/C15H18N4/c1-10-17-12-5-4-11(8-13(12)18-10)14(19(2)3)15(9-16)6-7-15/h4-5,8,14H,6-7H2,1-3H3,(H,17,18). The Morgan fingerprint density at radius 3 is 2.74 bits per heavy atom. The molecule has 1 N–H and O–H groups in total.